The zero-order valence-corrected chi connectivity index (χ0v) is 16.5. The van der Waals surface area contributed by atoms with Crippen molar-refractivity contribution in [3.05, 3.63) is 54.2 Å². The van der Waals surface area contributed by atoms with E-state index in [0.717, 1.165) is 10.9 Å². The van der Waals surface area contributed by atoms with Gasteiger partial charge in [-0.1, -0.05) is 6.08 Å². The van der Waals surface area contributed by atoms with E-state index in [1.807, 2.05) is 22.9 Å². The maximum atomic E-state index is 13.5. The second-order valence-electron chi connectivity index (χ2n) is 6.45. The first-order valence-corrected chi connectivity index (χ1v) is 8.99. The summed E-state index contributed by atoms with van der Waals surface area (Å²) in [5.74, 6) is 2.38. The van der Waals surface area contributed by atoms with E-state index in [2.05, 4.69) is 6.58 Å². The van der Waals surface area contributed by atoms with Crippen LogP contribution in [0.3, 0.4) is 0 Å². The SMILES string of the molecule is C=CCn1cc(C(=O)c2cc(OC)c(OC)c(OC)c2)c2cc3c(cc21)OCO3. The van der Waals surface area contributed by atoms with Crippen LogP contribution in [0.1, 0.15) is 15.9 Å². The largest absolute Gasteiger partial charge is 0.493 e. The standard InChI is InChI=1S/C22H21NO6/c1-5-6-23-11-15(14-9-17-18(10-16(14)23)29-12-28-17)21(24)13-7-19(25-2)22(27-4)20(8-13)26-3/h5,7-11H,1,6,12H2,2-4H3. The summed E-state index contributed by atoms with van der Waals surface area (Å²) in [5, 5.41) is 0.773. The van der Waals surface area contributed by atoms with Crippen molar-refractivity contribution in [3.63, 3.8) is 0 Å². The highest BCUT2D eigenvalue weighted by Crippen LogP contribution is 2.41. The summed E-state index contributed by atoms with van der Waals surface area (Å²) in [6.45, 7) is 4.52. The van der Waals surface area contributed by atoms with Gasteiger partial charge in [0.05, 0.1) is 26.8 Å². The third-order valence-corrected chi connectivity index (χ3v) is 4.87. The molecule has 7 heteroatoms. The van der Waals surface area contributed by atoms with Crippen LogP contribution in [0, 0.1) is 0 Å². The van der Waals surface area contributed by atoms with Crippen molar-refractivity contribution < 1.29 is 28.5 Å². The Kier molecular flexibility index (Phi) is 4.80. The molecule has 150 valence electrons. The number of carbonyl (C=O) groups excluding carboxylic acids is 1. The number of fused-ring (bicyclic) bond motifs is 2. The van der Waals surface area contributed by atoms with Crippen LogP contribution in [0.5, 0.6) is 28.7 Å². The fourth-order valence-corrected chi connectivity index (χ4v) is 3.52. The fourth-order valence-electron chi connectivity index (χ4n) is 3.52. The highest BCUT2D eigenvalue weighted by molar-refractivity contribution is 6.17. The van der Waals surface area contributed by atoms with Crippen LogP contribution < -0.4 is 23.7 Å². The molecule has 0 atom stereocenters. The molecule has 2 heterocycles. The van der Waals surface area contributed by atoms with E-state index in [-0.39, 0.29) is 12.6 Å². The zero-order valence-electron chi connectivity index (χ0n) is 16.5. The number of rotatable bonds is 7. The zero-order chi connectivity index (χ0) is 20.5. The van der Waals surface area contributed by atoms with Crippen LogP contribution >= 0.6 is 0 Å². The van der Waals surface area contributed by atoms with Gasteiger partial charge in [0.25, 0.3) is 0 Å². The third kappa shape index (κ3) is 3.04. The number of aromatic nitrogens is 1. The van der Waals surface area contributed by atoms with E-state index in [9.17, 15) is 4.79 Å². The Balaban J connectivity index is 1.88. The monoisotopic (exact) mass is 395 g/mol. The van der Waals surface area contributed by atoms with Gasteiger partial charge >= 0.3 is 0 Å². The molecule has 0 amide bonds. The molecule has 2 aromatic carbocycles. The van der Waals surface area contributed by atoms with Crippen molar-refractivity contribution in [2.75, 3.05) is 28.1 Å². The second kappa shape index (κ2) is 7.43. The number of benzene rings is 2. The summed E-state index contributed by atoms with van der Waals surface area (Å²) in [6, 6.07) is 7.01. The third-order valence-electron chi connectivity index (χ3n) is 4.87. The first kappa shape index (κ1) is 18.7. The average molecular weight is 395 g/mol. The molecule has 3 aromatic rings. The van der Waals surface area contributed by atoms with Gasteiger partial charge in [-0.05, 0) is 18.2 Å². The highest BCUT2D eigenvalue weighted by atomic mass is 16.7. The quantitative estimate of drug-likeness (QED) is 0.448. The summed E-state index contributed by atoms with van der Waals surface area (Å²) in [5.41, 5.74) is 1.83. The molecule has 1 aliphatic heterocycles. The lowest BCUT2D eigenvalue weighted by Gasteiger charge is -2.13. The van der Waals surface area contributed by atoms with Gasteiger partial charge in [0.2, 0.25) is 12.5 Å². The van der Waals surface area contributed by atoms with Crippen LogP contribution in [-0.2, 0) is 6.54 Å². The number of hydrogen-bond donors (Lipinski definition) is 0. The molecule has 0 fully saturated rings. The lowest BCUT2D eigenvalue weighted by molar-refractivity contribution is 0.103. The van der Waals surface area contributed by atoms with Gasteiger partial charge in [-0.3, -0.25) is 4.79 Å². The topological polar surface area (TPSA) is 68.2 Å². The normalized spacial score (nSPS) is 12.1. The van der Waals surface area contributed by atoms with E-state index in [1.165, 1.54) is 21.3 Å². The van der Waals surface area contributed by atoms with Crippen molar-refractivity contribution in [1.29, 1.82) is 0 Å². The minimum absolute atomic E-state index is 0.166. The molecule has 0 spiro atoms. The van der Waals surface area contributed by atoms with E-state index >= 15 is 0 Å². The van der Waals surface area contributed by atoms with Gasteiger partial charge in [0.1, 0.15) is 0 Å². The number of methoxy groups -OCH3 is 3. The van der Waals surface area contributed by atoms with Gasteiger partial charge in [-0.2, -0.15) is 0 Å². The van der Waals surface area contributed by atoms with Gasteiger partial charge in [0, 0.05) is 35.3 Å². The number of hydrogen-bond acceptors (Lipinski definition) is 6. The summed E-state index contributed by atoms with van der Waals surface area (Å²) in [6.07, 6.45) is 3.59. The van der Waals surface area contributed by atoms with Crippen LogP contribution in [0.4, 0.5) is 0 Å². The van der Waals surface area contributed by atoms with Gasteiger partial charge < -0.3 is 28.3 Å². The van der Waals surface area contributed by atoms with Crippen LogP contribution in [0.2, 0.25) is 0 Å². The van der Waals surface area contributed by atoms with Crippen molar-refractivity contribution in [2.45, 2.75) is 6.54 Å². The number of ether oxygens (including phenoxy) is 5. The van der Waals surface area contributed by atoms with Crippen molar-refractivity contribution in [2.24, 2.45) is 0 Å². The Morgan fingerprint density at radius 3 is 2.31 bits per heavy atom. The maximum Gasteiger partial charge on any atom is 0.231 e. The van der Waals surface area contributed by atoms with Gasteiger partial charge in [0.15, 0.2) is 28.8 Å². The van der Waals surface area contributed by atoms with E-state index in [1.54, 1.807) is 18.2 Å². The number of carbonyl (C=O) groups is 1. The molecule has 0 aliphatic carbocycles. The summed E-state index contributed by atoms with van der Waals surface area (Å²) >= 11 is 0. The fraction of sp³-hybridized carbons (Fsp3) is 0.227. The van der Waals surface area contributed by atoms with Crippen LogP contribution in [0.15, 0.2) is 43.1 Å². The Bertz CT molecular complexity index is 1090. The molecule has 29 heavy (non-hydrogen) atoms. The highest BCUT2D eigenvalue weighted by Gasteiger charge is 2.24. The first-order valence-electron chi connectivity index (χ1n) is 8.99. The second-order valence-corrected chi connectivity index (χ2v) is 6.45. The lowest BCUT2D eigenvalue weighted by Crippen LogP contribution is -2.04. The van der Waals surface area contributed by atoms with Crippen LogP contribution in [-0.4, -0.2) is 38.5 Å². The van der Waals surface area contributed by atoms with Crippen molar-refractivity contribution in [1.82, 2.24) is 4.57 Å². The Morgan fingerprint density at radius 2 is 1.72 bits per heavy atom. The molecule has 0 saturated heterocycles. The molecule has 4 rings (SSSR count). The molecule has 0 bridgehead atoms. The molecular weight excluding hydrogens is 374 g/mol. The van der Waals surface area contributed by atoms with E-state index in [0.29, 0.717) is 46.4 Å². The summed E-state index contributed by atoms with van der Waals surface area (Å²) < 4.78 is 29.1. The molecule has 0 unspecified atom stereocenters. The first-order chi connectivity index (χ1) is 14.1. The van der Waals surface area contributed by atoms with Gasteiger partial charge in [-0.15, -0.1) is 6.58 Å². The molecule has 1 aliphatic rings. The number of nitrogens with zero attached hydrogens (tertiary/aromatic N) is 1. The molecule has 0 radical (unpaired) electrons. The summed E-state index contributed by atoms with van der Waals surface area (Å²) in [7, 11) is 4.55. The van der Waals surface area contributed by atoms with Crippen LogP contribution in [0.25, 0.3) is 10.9 Å². The number of allylic oxidation sites excluding steroid dienone is 1. The Morgan fingerprint density at radius 1 is 1.07 bits per heavy atom. The number of ketones is 1. The summed E-state index contributed by atoms with van der Waals surface area (Å²) in [4.78, 5) is 13.5. The smallest absolute Gasteiger partial charge is 0.231 e. The van der Waals surface area contributed by atoms with E-state index < -0.39 is 0 Å². The minimum Gasteiger partial charge on any atom is -0.493 e. The van der Waals surface area contributed by atoms with E-state index in [4.69, 9.17) is 23.7 Å². The van der Waals surface area contributed by atoms with Gasteiger partial charge in [-0.25, -0.2) is 0 Å². The molecule has 0 saturated carbocycles. The predicted octanol–water partition coefficient (Wildman–Crippen LogP) is 3.81. The Hall–Kier alpha value is -3.61. The average Bonchev–Trinajstić information content (AvgIpc) is 3.35. The van der Waals surface area contributed by atoms with Crippen molar-refractivity contribution in [3.8, 4) is 28.7 Å². The minimum atomic E-state index is -0.170. The molecule has 7 nitrogen and oxygen atoms in total. The van der Waals surface area contributed by atoms with Crippen molar-refractivity contribution >= 4 is 16.7 Å². The maximum absolute atomic E-state index is 13.5. The molecule has 0 N–H and O–H groups in total. The Labute approximate surface area is 168 Å². The lowest BCUT2D eigenvalue weighted by atomic mass is 10.0. The molecular formula is C22H21NO6. The molecule has 1 aromatic heterocycles. The predicted molar refractivity (Wildman–Crippen MR) is 108 cm³/mol.